The Kier molecular flexibility index (Phi) is 4.76. The lowest BCUT2D eigenvalue weighted by molar-refractivity contribution is -0.225. The maximum atomic E-state index is 14.5. The molecule has 1 saturated heterocycles. The van der Waals surface area contributed by atoms with Gasteiger partial charge in [-0.1, -0.05) is 11.8 Å². The highest BCUT2D eigenvalue weighted by Gasteiger charge is 2.45. The molecule has 3 rings (SSSR count). The van der Waals surface area contributed by atoms with Gasteiger partial charge in [0.25, 0.3) is 5.79 Å². The Morgan fingerprint density at radius 2 is 1.77 bits per heavy atom. The molecule has 0 aliphatic carbocycles. The third-order valence-electron chi connectivity index (χ3n) is 4.24. The van der Waals surface area contributed by atoms with Gasteiger partial charge in [0, 0.05) is 11.0 Å². The molecule has 0 aromatic heterocycles. The van der Waals surface area contributed by atoms with Crippen LogP contribution in [0.5, 0.6) is 0 Å². The van der Waals surface area contributed by atoms with Gasteiger partial charge in [0.1, 0.15) is 5.82 Å². The summed E-state index contributed by atoms with van der Waals surface area (Å²) in [5, 5.41) is 3.12. The van der Waals surface area contributed by atoms with E-state index in [2.05, 4.69) is 17.2 Å². The molecule has 1 aromatic carbocycles. The quantitative estimate of drug-likeness (QED) is 0.569. The molecule has 0 unspecified atom stereocenters. The Morgan fingerprint density at radius 3 is 2.38 bits per heavy atom. The number of esters is 2. The first-order valence-electron chi connectivity index (χ1n) is 8.70. The smallest absolute Gasteiger partial charge is 0.309 e. The highest BCUT2D eigenvalue weighted by molar-refractivity contribution is 5.80. The maximum Gasteiger partial charge on any atom is 0.309 e. The van der Waals surface area contributed by atoms with E-state index in [9.17, 15) is 14.0 Å². The summed E-state index contributed by atoms with van der Waals surface area (Å²) in [7, 11) is 0. The van der Waals surface area contributed by atoms with Gasteiger partial charge in [-0.3, -0.25) is 9.59 Å². The highest BCUT2D eigenvalue weighted by Crippen LogP contribution is 2.36. The lowest BCUT2D eigenvalue weighted by atomic mass is 9.91. The predicted octanol–water partition coefficient (Wildman–Crippen LogP) is 2.40. The van der Waals surface area contributed by atoms with Crippen molar-refractivity contribution in [3.8, 4) is 11.8 Å². The average Bonchev–Trinajstić information content (AvgIpc) is 2.80. The zero-order chi connectivity index (χ0) is 18.9. The topological polar surface area (TPSA) is 64.6 Å². The van der Waals surface area contributed by atoms with Crippen LogP contribution >= 0.6 is 0 Å². The Hall–Kier alpha value is -2.39. The number of ether oxygens (including phenoxy) is 2. The summed E-state index contributed by atoms with van der Waals surface area (Å²) in [6.45, 7) is 6.47. The molecule has 1 spiro atoms. The van der Waals surface area contributed by atoms with E-state index >= 15 is 0 Å². The van der Waals surface area contributed by atoms with Crippen LogP contribution < -0.4 is 5.32 Å². The molecule has 0 atom stereocenters. The number of rotatable bonds is 0. The standard InChI is InChI=1S/C20H22FNO4/c1-19(2,3)10-8-14-13-9-11-22-12-20(15(13)4-5-16(14)21)25-17(23)6-7-18(24)26-20/h4-5,22H,6-7,9,11-12H2,1-3H3. The molecular weight excluding hydrogens is 337 g/mol. The number of nitrogens with one attached hydrogen (secondary N) is 1. The van der Waals surface area contributed by atoms with Crippen molar-refractivity contribution >= 4 is 11.9 Å². The number of hydrogen-bond donors (Lipinski definition) is 1. The minimum atomic E-state index is -1.58. The van der Waals surface area contributed by atoms with E-state index < -0.39 is 23.5 Å². The fourth-order valence-corrected chi connectivity index (χ4v) is 3.06. The van der Waals surface area contributed by atoms with Gasteiger partial charge in [0.2, 0.25) is 0 Å². The van der Waals surface area contributed by atoms with Crippen molar-refractivity contribution in [2.24, 2.45) is 5.41 Å². The monoisotopic (exact) mass is 359 g/mol. The molecule has 2 heterocycles. The van der Waals surface area contributed by atoms with Crippen molar-refractivity contribution in [2.45, 2.75) is 45.8 Å². The lowest BCUT2D eigenvalue weighted by Gasteiger charge is -2.31. The molecule has 2 aliphatic heterocycles. The second-order valence-corrected chi connectivity index (χ2v) is 7.58. The minimum Gasteiger partial charge on any atom is -0.416 e. The summed E-state index contributed by atoms with van der Waals surface area (Å²) in [6, 6.07) is 2.80. The number of fused-ring (bicyclic) bond motifs is 2. The zero-order valence-corrected chi connectivity index (χ0v) is 15.2. The first kappa shape index (κ1) is 18.4. The van der Waals surface area contributed by atoms with E-state index in [4.69, 9.17) is 9.47 Å². The first-order valence-corrected chi connectivity index (χ1v) is 8.70. The van der Waals surface area contributed by atoms with Gasteiger partial charge in [0.15, 0.2) is 0 Å². The Balaban J connectivity index is 2.18. The molecule has 138 valence electrons. The summed E-state index contributed by atoms with van der Waals surface area (Å²) >= 11 is 0. The average molecular weight is 359 g/mol. The number of halogens is 1. The second-order valence-electron chi connectivity index (χ2n) is 7.58. The van der Waals surface area contributed by atoms with Gasteiger partial charge in [-0.15, -0.1) is 0 Å². The molecule has 1 fully saturated rings. The van der Waals surface area contributed by atoms with E-state index in [1.165, 1.54) is 12.1 Å². The van der Waals surface area contributed by atoms with Crippen LogP contribution in [0.1, 0.15) is 50.3 Å². The van der Waals surface area contributed by atoms with Crippen molar-refractivity contribution in [1.29, 1.82) is 0 Å². The number of benzene rings is 1. The molecule has 1 N–H and O–H groups in total. The van der Waals surface area contributed by atoms with E-state index in [1.54, 1.807) is 0 Å². The minimum absolute atomic E-state index is 0.0339. The van der Waals surface area contributed by atoms with Gasteiger partial charge in [-0.05, 0) is 51.4 Å². The molecular formula is C20H22FNO4. The van der Waals surface area contributed by atoms with Gasteiger partial charge in [0.05, 0.1) is 24.9 Å². The van der Waals surface area contributed by atoms with Crippen molar-refractivity contribution in [2.75, 3.05) is 13.1 Å². The third kappa shape index (κ3) is 3.73. The lowest BCUT2D eigenvalue weighted by Crippen LogP contribution is -2.43. The van der Waals surface area contributed by atoms with Crippen LogP contribution in [-0.4, -0.2) is 25.0 Å². The highest BCUT2D eigenvalue weighted by atomic mass is 19.1. The molecule has 5 nitrogen and oxygen atoms in total. The largest absolute Gasteiger partial charge is 0.416 e. The van der Waals surface area contributed by atoms with Crippen LogP contribution in [0.2, 0.25) is 0 Å². The van der Waals surface area contributed by atoms with Crippen LogP contribution in [-0.2, 0) is 31.3 Å². The van der Waals surface area contributed by atoms with E-state index in [0.717, 1.165) is 0 Å². The molecule has 26 heavy (non-hydrogen) atoms. The summed E-state index contributed by atoms with van der Waals surface area (Å²) in [5.41, 5.74) is 1.05. The maximum absolute atomic E-state index is 14.5. The molecule has 0 saturated carbocycles. The van der Waals surface area contributed by atoms with Crippen LogP contribution in [0.3, 0.4) is 0 Å². The van der Waals surface area contributed by atoms with E-state index in [-0.39, 0.29) is 30.4 Å². The molecule has 1 aromatic rings. The second kappa shape index (κ2) is 6.73. The van der Waals surface area contributed by atoms with Crippen LogP contribution in [0.4, 0.5) is 4.39 Å². The Morgan fingerprint density at radius 1 is 1.12 bits per heavy atom. The summed E-state index contributed by atoms with van der Waals surface area (Å²) in [4.78, 5) is 24.1. The third-order valence-corrected chi connectivity index (χ3v) is 4.24. The van der Waals surface area contributed by atoms with Crippen molar-refractivity contribution in [1.82, 2.24) is 5.32 Å². The molecule has 2 aliphatic rings. The fourth-order valence-electron chi connectivity index (χ4n) is 3.06. The van der Waals surface area contributed by atoms with Crippen molar-refractivity contribution < 1.29 is 23.5 Å². The van der Waals surface area contributed by atoms with E-state index in [0.29, 0.717) is 24.1 Å². The summed E-state index contributed by atoms with van der Waals surface area (Å²) in [5.74, 6) is 2.93. The van der Waals surface area contributed by atoms with Gasteiger partial charge >= 0.3 is 11.9 Å². The Labute approximate surface area is 152 Å². The number of hydrogen-bond acceptors (Lipinski definition) is 5. The number of carbonyl (C=O) groups is 2. The Bertz CT molecular complexity index is 796. The van der Waals surface area contributed by atoms with Crippen molar-refractivity contribution in [3.05, 3.63) is 34.6 Å². The summed E-state index contributed by atoms with van der Waals surface area (Å²) < 4.78 is 25.6. The van der Waals surface area contributed by atoms with Gasteiger partial charge in [-0.25, -0.2) is 4.39 Å². The molecule has 6 heteroatoms. The SMILES string of the molecule is CC(C)(C)C#Cc1c(F)ccc2c1CCNCC21OC(=O)CCC(=O)O1. The molecule has 0 bridgehead atoms. The molecule has 0 amide bonds. The summed E-state index contributed by atoms with van der Waals surface area (Å²) in [6.07, 6.45) is 0.416. The fraction of sp³-hybridized carbons (Fsp3) is 0.500. The normalized spacial score (nSPS) is 19.4. The first-order chi connectivity index (χ1) is 12.2. The zero-order valence-electron chi connectivity index (χ0n) is 15.2. The van der Waals surface area contributed by atoms with Gasteiger partial charge in [-0.2, -0.15) is 0 Å². The van der Waals surface area contributed by atoms with Crippen molar-refractivity contribution in [3.63, 3.8) is 0 Å². The number of carbonyl (C=O) groups excluding carboxylic acids is 2. The van der Waals surface area contributed by atoms with Crippen LogP contribution in [0.25, 0.3) is 0 Å². The molecule has 0 radical (unpaired) electrons. The van der Waals surface area contributed by atoms with Gasteiger partial charge < -0.3 is 14.8 Å². The van der Waals surface area contributed by atoms with Crippen LogP contribution in [0.15, 0.2) is 12.1 Å². The van der Waals surface area contributed by atoms with E-state index in [1.807, 2.05) is 20.8 Å². The van der Waals surface area contributed by atoms with Crippen LogP contribution in [0, 0.1) is 23.1 Å². The predicted molar refractivity (Wildman–Crippen MR) is 92.4 cm³/mol.